The first-order valence-corrected chi connectivity index (χ1v) is 10.9. The van der Waals surface area contributed by atoms with Gasteiger partial charge in [0.15, 0.2) is 5.65 Å². The van der Waals surface area contributed by atoms with Crippen LogP contribution in [-0.2, 0) is 11.3 Å². The normalized spacial score (nSPS) is 15.8. The highest BCUT2D eigenvalue weighted by Crippen LogP contribution is 2.29. The largest absolute Gasteiger partial charge is 0.480 e. The number of rotatable bonds is 7. The Labute approximate surface area is 178 Å². The van der Waals surface area contributed by atoms with Crippen molar-refractivity contribution in [3.8, 4) is 11.3 Å². The minimum absolute atomic E-state index is 0.484. The molecular weight excluding hydrogens is 410 g/mol. The third-order valence-electron chi connectivity index (χ3n) is 5.05. The van der Waals surface area contributed by atoms with E-state index in [1.807, 2.05) is 37.3 Å². The summed E-state index contributed by atoms with van der Waals surface area (Å²) in [7, 11) is 0. The fourth-order valence-corrected chi connectivity index (χ4v) is 4.48. The molecule has 1 saturated heterocycles. The minimum Gasteiger partial charge on any atom is -0.480 e. The molecule has 0 bridgehead atoms. The number of halogens is 1. The quantitative estimate of drug-likeness (QED) is 0.566. The lowest BCUT2D eigenvalue weighted by Gasteiger charge is -2.17. The van der Waals surface area contributed by atoms with Crippen LogP contribution in [-0.4, -0.2) is 54.1 Å². The number of thioether (sulfide) groups is 1. The number of carbonyl (C=O) groups is 1. The van der Waals surface area contributed by atoms with E-state index >= 15 is 0 Å². The smallest absolute Gasteiger partial charge is 0.317 e. The van der Waals surface area contributed by atoms with Crippen LogP contribution in [0.2, 0.25) is 5.02 Å². The molecule has 4 rings (SSSR count). The molecule has 152 valence electrons. The number of likely N-dealkylation sites (tertiary alicyclic amines) is 1. The Bertz CT molecular complexity index is 1020. The number of nitrogens with zero attached hydrogens (tertiary/aromatic N) is 5. The molecule has 1 aliphatic rings. The number of hydrogen-bond donors (Lipinski definition) is 1. The van der Waals surface area contributed by atoms with Gasteiger partial charge in [0, 0.05) is 17.1 Å². The molecule has 3 heterocycles. The second-order valence-electron chi connectivity index (χ2n) is 7.11. The maximum Gasteiger partial charge on any atom is 0.317 e. The van der Waals surface area contributed by atoms with Crippen LogP contribution in [0.25, 0.3) is 16.9 Å². The van der Waals surface area contributed by atoms with Crippen LogP contribution in [0.4, 0.5) is 0 Å². The lowest BCUT2D eigenvalue weighted by atomic mass is 10.1. The molecule has 1 aromatic carbocycles. The van der Waals surface area contributed by atoms with Crippen LogP contribution in [0.1, 0.15) is 31.7 Å². The van der Waals surface area contributed by atoms with Gasteiger partial charge in [-0.15, -0.1) is 10.2 Å². The molecule has 1 fully saturated rings. The van der Waals surface area contributed by atoms with Gasteiger partial charge in [0.25, 0.3) is 0 Å². The van der Waals surface area contributed by atoms with E-state index in [1.165, 1.54) is 24.6 Å². The van der Waals surface area contributed by atoms with E-state index in [1.54, 1.807) is 4.52 Å². The summed E-state index contributed by atoms with van der Waals surface area (Å²) >= 11 is 7.24. The molecule has 0 amide bonds. The second-order valence-corrected chi connectivity index (χ2v) is 8.72. The van der Waals surface area contributed by atoms with Crippen molar-refractivity contribution in [1.82, 2.24) is 24.7 Å². The highest BCUT2D eigenvalue weighted by molar-refractivity contribution is 8.00. The van der Waals surface area contributed by atoms with Gasteiger partial charge in [0.2, 0.25) is 5.16 Å². The van der Waals surface area contributed by atoms with Gasteiger partial charge in [-0.2, -0.15) is 9.61 Å². The lowest BCUT2D eigenvalue weighted by Crippen LogP contribution is -2.19. The summed E-state index contributed by atoms with van der Waals surface area (Å²) < 4.78 is 1.65. The van der Waals surface area contributed by atoms with Crippen molar-refractivity contribution in [3.63, 3.8) is 0 Å². The van der Waals surface area contributed by atoms with Gasteiger partial charge in [0.1, 0.15) is 5.25 Å². The topological polar surface area (TPSA) is 83.6 Å². The van der Waals surface area contributed by atoms with E-state index in [-0.39, 0.29) is 0 Å². The zero-order valence-electron chi connectivity index (χ0n) is 16.1. The summed E-state index contributed by atoms with van der Waals surface area (Å²) in [5, 5.41) is 23.2. The van der Waals surface area contributed by atoms with Gasteiger partial charge in [-0.3, -0.25) is 9.69 Å². The molecule has 7 nitrogen and oxygen atoms in total. The van der Waals surface area contributed by atoms with Crippen LogP contribution >= 0.6 is 23.4 Å². The first-order valence-electron chi connectivity index (χ1n) is 9.68. The Balaban J connectivity index is 1.78. The van der Waals surface area contributed by atoms with Crippen LogP contribution in [0.5, 0.6) is 0 Å². The predicted molar refractivity (Wildman–Crippen MR) is 113 cm³/mol. The van der Waals surface area contributed by atoms with Gasteiger partial charge in [-0.05, 0) is 56.1 Å². The Kier molecular flexibility index (Phi) is 6.03. The zero-order chi connectivity index (χ0) is 20.4. The van der Waals surface area contributed by atoms with Gasteiger partial charge in [-0.1, -0.05) is 42.4 Å². The van der Waals surface area contributed by atoms with Gasteiger partial charge in [-0.25, -0.2) is 0 Å². The second kappa shape index (κ2) is 8.69. The van der Waals surface area contributed by atoms with Crippen LogP contribution < -0.4 is 0 Å². The third kappa shape index (κ3) is 4.39. The maximum absolute atomic E-state index is 11.4. The molecule has 29 heavy (non-hydrogen) atoms. The molecular formula is C20H22ClN5O2S. The SMILES string of the molecule is CCC(Sc1nnc2cc(CN3CCCC3)c(-c3ccc(Cl)cc3)nn12)C(=O)O. The highest BCUT2D eigenvalue weighted by atomic mass is 35.5. The maximum atomic E-state index is 11.4. The molecule has 1 atom stereocenters. The fraction of sp³-hybridized carbons (Fsp3) is 0.400. The van der Waals surface area contributed by atoms with Gasteiger partial charge < -0.3 is 5.11 Å². The monoisotopic (exact) mass is 431 g/mol. The minimum atomic E-state index is -0.863. The van der Waals surface area contributed by atoms with E-state index in [9.17, 15) is 9.90 Å². The van der Waals surface area contributed by atoms with Crippen LogP contribution in [0, 0.1) is 0 Å². The van der Waals surface area contributed by atoms with Crippen molar-refractivity contribution in [3.05, 3.63) is 40.9 Å². The molecule has 1 unspecified atom stereocenters. The third-order valence-corrected chi connectivity index (χ3v) is 6.58. The fourth-order valence-electron chi connectivity index (χ4n) is 3.51. The van der Waals surface area contributed by atoms with E-state index in [2.05, 4.69) is 15.1 Å². The average molecular weight is 432 g/mol. The summed E-state index contributed by atoms with van der Waals surface area (Å²) in [4.78, 5) is 13.9. The Morgan fingerprint density at radius 2 is 1.97 bits per heavy atom. The molecule has 3 aromatic rings. The van der Waals surface area contributed by atoms with Crippen molar-refractivity contribution in [2.24, 2.45) is 0 Å². The van der Waals surface area contributed by atoms with Crippen molar-refractivity contribution in [2.75, 3.05) is 13.1 Å². The van der Waals surface area contributed by atoms with Crippen molar-refractivity contribution in [1.29, 1.82) is 0 Å². The number of carboxylic acid groups (broad SMARTS) is 1. The van der Waals surface area contributed by atoms with E-state index < -0.39 is 11.2 Å². The van der Waals surface area contributed by atoms with E-state index in [0.29, 0.717) is 22.2 Å². The van der Waals surface area contributed by atoms with Crippen molar-refractivity contribution < 1.29 is 9.90 Å². The number of fused-ring (bicyclic) bond motifs is 1. The molecule has 2 aromatic heterocycles. The van der Waals surface area contributed by atoms with Crippen LogP contribution in [0.15, 0.2) is 35.5 Å². The summed E-state index contributed by atoms with van der Waals surface area (Å²) in [5.74, 6) is -0.863. The molecule has 0 spiro atoms. The lowest BCUT2D eigenvalue weighted by molar-refractivity contribution is -0.136. The Morgan fingerprint density at radius 3 is 2.62 bits per heavy atom. The first-order chi connectivity index (χ1) is 14.0. The summed E-state index contributed by atoms with van der Waals surface area (Å²) in [6, 6.07) is 9.61. The highest BCUT2D eigenvalue weighted by Gasteiger charge is 2.22. The van der Waals surface area contributed by atoms with Crippen LogP contribution in [0.3, 0.4) is 0 Å². The molecule has 9 heteroatoms. The van der Waals surface area contributed by atoms with E-state index in [0.717, 1.165) is 36.5 Å². The van der Waals surface area contributed by atoms with Crippen molar-refractivity contribution in [2.45, 2.75) is 43.1 Å². The number of aliphatic carboxylic acids is 1. The van der Waals surface area contributed by atoms with E-state index in [4.69, 9.17) is 16.7 Å². The van der Waals surface area contributed by atoms with Gasteiger partial charge in [0.05, 0.1) is 5.69 Å². The summed E-state index contributed by atoms with van der Waals surface area (Å²) in [6.45, 7) is 4.80. The standard InChI is InChI=1S/C20H22ClN5O2S/c1-2-16(19(27)28)29-20-23-22-17-11-14(12-25-9-3-4-10-25)18(24-26(17)20)13-5-7-15(21)8-6-13/h5-8,11,16H,2-4,9-10,12H2,1H3,(H,27,28). The predicted octanol–water partition coefficient (Wildman–Crippen LogP) is 4.00. The molecule has 1 N–H and O–H groups in total. The molecule has 0 radical (unpaired) electrons. The Morgan fingerprint density at radius 1 is 1.24 bits per heavy atom. The molecule has 0 aliphatic carbocycles. The first kappa shape index (κ1) is 20.1. The number of benzene rings is 1. The molecule has 1 aliphatic heterocycles. The number of carboxylic acids is 1. The number of hydrogen-bond acceptors (Lipinski definition) is 6. The number of aromatic nitrogens is 4. The molecule has 0 saturated carbocycles. The van der Waals surface area contributed by atoms with Gasteiger partial charge >= 0.3 is 5.97 Å². The Hall–Kier alpha value is -2.16. The van der Waals surface area contributed by atoms with Crippen molar-refractivity contribution >= 4 is 35.0 Å². The summed E-state index contributed by atoms with van der Waals surface area (Å²) in [6.07, 6.45) is 2.92. The summed E-state index contributed by atoms with van der Waals surface area (Å²) in [5.41, 5.74) is 3.50. The zero-order valence-corrected chi connectivity index (χ0v) is 17.7. The average Bonchev–Trinajstić information content (AvgIpc) is 3.36.